The number of piperidine rings is 1. The van der Waals surface area contributed by atoms with Crippen molar-refractivity contribution in [3.63, 3.8) is 0 Å². The van der Waals surface area contributed by atoms with Gasteiger partial charge in [0.2, 0.25) is 5.28 Å². The summed E-state index contributed by atoms with van der Waals surface area (Å²) in [5, 5.41) is 15.5. The molecule has 2 heterocycles. The number of rotatable bonds is 4. The second-order valence-corrected chi connectivity index (χ2v) is 5.05. The lowest BCUT2D eigenvalue weighted by Gasteiger charge is -2.25. The zero-order valence-electron chi connectivity index (χ0n) is 10.1. The number of aliphatic carboxylic acids is 1. The molecule has 8 heteroatoms. The average Bonchev–Trinajstić information content (AvgIpc) is 2.34. The topological polar surface area (TPSA) is 87.1 Å². The van der Waals surface area contributed by atoms with Gasteiger partial charge < -0.3 is 15.7 Å². The summed E-state index contributed by atoms with van der Waals surface area (Å²) in [7, 11) is 0. The number of hydrogen-bond acceptors (Lipinski definition) is 5. The predicted octanol–water partition coefficient (Wildman–Crippen LogP) is 1.57. The average molecular weight is 305 g/mol. The SMILES string of the molecule is O=C(O)Cc1c(Cl)nc(Cl)nc1NC1CCNCC1. The van der Waals surface area contributed by atoms with E-state index in [-0.39, 0.29) is 22.9 Å². The van der Waals surface area contributed by atoms with Crippen LogP contribution >= 0.6 is 23.2 Å². The van der Waals surface area contributed by atoms with Crippen LogP contribution in [-0.4, -0.2) is 40.2 Å². The van der Waals surface area contributed by atoms with E-state index in [9.17, 15) is 4.79 Å². The van der Waals surface area contributed by atoms with Crippen molar-refractivity contribution >= 4 is 35.0 Å². The van der Waals surface area contributed by atoms with Crippen LogP contribution in [0.15, 0.2) is 0 Å². The van der Waals surface area contributed by atoms with Crippen LogP contribution in [-0.2, 0) is 11.2 Å². The molecule has 0 aromatic carbocycles. The van der Waals surface area contributed by atoms with Gasteiger partial charge in [-0.1, -0.05) is 11.6 Å². The van der Waals surface area contributed by atoms with Crippen molar-refractivity contribution in [1.82, 2.24) is 15.3 Å². The molecule has 0 spiro atoms. The van der Waals surface area contributed by atoms with Crippen LogP contribution in [0.25, 0.3) is 0 Å². The van der Waals surface area contributed by atoms with E-state index in [0.29, 0.717) is 11.4 Å². The molecular formula is C11H14Cl2N4O2. The predicted molar refractivity (Wildman–Crippen MR) is 72.9 cm³/mol. The molecule has 1 aromatic heterocycles. The van der Waals surface area contributed by atoms with Crippen molar-refractivity contribution < 1.29 is 9.90 Å². The van der Waals surface area contributed by atoms with Gasteiger partial charge >= 0.3 is 5.97 Å². The fourth-order valence-electron chi connectivity index (χ4n) is 2.02. The lowest BCUT2D eigenvalue weighted by molar-refractivity contribution is -0.136. The summed E-state index contributed by atoms with van der Waals surface area (Å²) < 4.78 is 0. The molecule has 0 radical (unpaired) electrons. The monoisotopic (exact) mass is 304 g/mol. The molecule has 19 heavy (non-hydrogen) atoms. The van der Waals surface area contributed by atoms with Crippen molar-refractivity contribution in [3.05, 3.63) is 16.0 Å². The fraction of sp³-hybridized carbons (Fsp3) is 0.545. The molecule has 0 unspecified atom stereocenters. The van der Waals surface area contributed by atoms with Crippen LogP contribution in [0.5, 0.6) is 0 Å². The zero-order chi connectivity index (χ0) is 13.8. The summed E-state index contributed by atoms with van der Waals surface area (Å²) in [6, 6.07) is 0.232. The Labute approximate surface area is 120 Å². The van der Waals surface area contributed by atoms with E-state index >= 15 is 0 Å². The van der Waals surface area contributed by atoms with Crippen LogP contribution in [0, 0.1) is 0 Å². The Bertz CT molecular complexity index is 478. The quantitative estimate of drug-likeness (QED) is 0.578. The number of carboxylic acid groups (broad SMARTS) is 1. The summed E-state index contributed by atoms with van der Waals surface area (Å²) in [5.74, 6) is -0.569. The van der Waals surface area contributed by atoms with Gasteiger partial charge in [-0.25, -0.2) is 9.97 Å². The number of nitrogens with one attached hydrogen (secondary N) is 2. The first-order valence-electron chi connectivity index (χ1n) is 5.97. The Morgan fingerprint density at radius 3 is 2.68 bits per heavy atom. The normalized spacial score (nSPS) is 16.3. The molecule has 1 aliphatic rings. The first-order valence-corrected chi connectivity index (χ1v) is 6.73. The van der Waals surface area contributed by atoms with Crippen LogP contribution in [0.2, 0.25) is 10.4 Å². The molecule has 104 valence electrons. The molecule has 1 aromatic rings. The second kappa shape index (κ2) is 6.36. The van der Waals surface area contributed by atoms with Gasteiger partial charge in [0.15, 0.2) is 0 Å². The lowest BCUT2D eigenvalue weighted by atomic mass is 10.1. The molecule has 6 nitrogen and oxygen atoms in total. The zero-order valence-corrected chi connectivity index (χ0v) is 11.6. The van der Waals surface area contributed by atoms with E-state index in [1.165, 1.54) is 0 Å². The minimum absolute atomic E-state index is 0.00979. The van der Waals surface area contributed by atoms with Gasteiger partial charge in [0.05, 0.1) is 6.42 Å². The Kier molecular flexibility index (Phi) is 4.79. The highest BCUT2D eigenvalue weighted by Crippen LogP contribution is 2.25. The van der Waals surface area contributed by atoms with Gasteiger partial charge in [-0.15, -0.1) is 0 Å². The van der Waals surface area contributed by atoms with E-state index in [4.69, 9.17) is 28.3 Å². The summed E-state index contributed by atoms with van der Waals surface area (Å²) in [6.45, 7) is 1.83. The summed E-state index contributed by atoms with van der Waals surface area (Å²) >= 11 is 11.7. The summed E-state index contributed by atoms with van der Waals surface area (Å²) in [6.07, 6.45) is 1.64. The van der Waals surface area contributed by atoms with E-state index in [1.807, 2.05) is 0 Å². The Balaban J connectivity index is 2.23. The molecule has 0 saturated carbocycles. The molecule has 0 bridgehead atoms. The summed E-state index contributed by atoms with van der Waals surface area (Å²) in [5.41, 5.74) is 0.372. The Morgan fingerprint density at radius 2 is 2.05 bits per heavy atom. The van der Waals surface area contributed by atoms with Crippen molar-refractivity contribution in [1.29, 1.82) is 0 Å². The Hall–Kier alpha value is -1.11. The first-order chi connectivity index (χ1) is 9.06. The van der Waals surface area contributed by atoms with Crippen molar-refractivity contribution in [2.45, 2.75) is 25.3 Å². The summed E-state index contributed by atoms with van der Waals surface area (Å²) in [4.78, 5) is 18.7. The van der Waals surface area contributed by atoms with Crippen LogP contribution in [0.4, 0.5) is 5.82 Å². The highest BCUT2D eigenvalue weighted by atomic mass is 35.5. The number of anilines is 1. The highest BCUT2D eigenvalue weighted by Gasteiger charge is 2.19. The molecule has 3 N–H and O–H groups in total. The number of nitrogens with zero attached hydrogens (tertiary/aromatic N) is 2. The largest absolute Gasteiger partial charge is 0.481 e. The molecular weight excluding hydrogens is 291 g/mol. The molecule has 0 atom stereocenters. The van der Waals surface area contributed by atoms with Gasteiger partial charge in [0, 0.05) is 11.6 Å². The number of hydrogen-bond donors (Lipinski definition) is 3. The fourth-order valence-corrected chi connectivity index (χ4v) is 2.47. The van der Waals surface area contributed by atoms with Crippen molar-refractivity contribution in [2.24, 2.45) is 0 Å². The van der Waals surface area contributed by atoms with Crippen LogP contribution < -0.4 is 10.6 Å². The molecule has 1 fully saturated rings. The smallest absolute Gasteiger partial charge is 0.308 e. The first kappa shape index (κ1) is 14.3. The molecule has 0 amide bonds. The Morgan fingerprint density at radius 1 is 1.37 bits per heavy atom. The number of carbonyl (C=O) groups is 1. The molecule has 2 rings (SSSR count). The minimum Gasteiger partial charge on any atom is -0.481 e. The number of halogens is 2. The lowest BCUT2D eigenvalue weighted by Crippen LogP contribution is -2.35. The molecule has 1 saturated heterocycles. The maximum absolute atomic E-state index is 10.9. The van der Waals surface area contributed by atoms with E-state index in [2.05, 4.69) is 20.6 Å². The minimum atomic E-state index is -0.985. The van der Waals surface area contributed by atoms with Crippen LogP contribution in [0.1, 0.15) is 18.4 Å². The van der Waals surface area contributed by atoms with Gasteiger partial charge in [-0.3, -0.25) is 4.79 Å². The van der Waals surface area contributed by atoms with Crippen molar-refractivity contribution in [2.75, 3.05) is 18.4 Å². The molecule has 1 aliphatic heterocycles. The third-order valence-corrected chi connectivity index (χ3v) is 3.42. The standard InChI is InChI=1S/C11H14Cl2N4O2/c12-9-7(5-8(18)19)10(17-11(13)16-9)15-6-1-3-14-4-2-6/h6,14H,1-5H2,(H,18,19)(H,15,16,17). The van der Waals surface area contributed by atoms with Gasteiger partial charge in [-0.05, 0) is 37.5 Å². The third kappa shape index (κ3) is 3.92. The number of aromatic nitrogens is 2. The third-order valence-electron chi connectivity index (χ3n) is 2.94. The maximum Gasteiger partial charge on any atom is 0.308 e. The highest BCUT2D eigenvalue weighted by molar-refractivity contribution is 6.32. The van der Waals surface area contributed by atoms with E-state index in [1.54, 1.807) is 0 Å². The van der Waals surface area contributed by atoms with Gasteiger partial charge in [-0.2, -0.15) is 0 Å². The van der Waals surface area contributed by atoms with Crippen molar-refractivity contribution in [3.8, 4) is 0 Å². The van der Waals surface area contributed by atoms with Gasteiger partial charge in [0.1, 0.15) is 11.0 Å². The van der Waals surface area contributed by atoms with E-state index < -0.39 is 5.97 Å². The maximum atomic E-state index is 10.9. The van der Waals surface area contributed by atoms with Crippen LogP contribution in [0.3, 0.4) is 0 Å². The van der Waals surface area contributed by atoms with Gasteiger partial charge in [0.25, 0.3) is 0 Å². The van der Waals surface area contributed by atoms with E-state index in [0.717, 1.165) is 25.9 Å². The molecule has 0 aliphatic carbocycles. The number of carboxylic acids is 1. The second-order valence-electron chi connectivity index (χ2n) is 4.35.